The van der Waals surface area contributed by atoms with E-state index in [-0.39, 0.29) is 11.5 Å². The highest BCUT2D eigenvalue weighted by atomic mass is 35.5. The Morgan fingerprint density at radius 2 is 2.05 bits per heavy atom. The van der Waals surface area contributed by atoms with Gasteiger partial charge in [-0.2, -0.15) is 0 Å². The number of phenolic OH excluding ortho intramolecular Hbond substituents is 1. The molecule has 0 heterocycles. The molecule has 4 heteroatoms. The Morgan fingerprint density at radius 3 is 2.65 bits per heavy atom. The molecule has 2 rings (SSSR count). The average Bonchev–Trinajstić information content (AvgIpc) is 2.85. The molecule has 3 nitrogen and oxygen atoms in total. The van der Waals surface area contributed by atoms with Gasteiger partial charge in [-0.1, -0.05) is 24.4 Å². The van der Waals surface area contributed by atoms with Crippen molar-refractivity contribution < 1.29 is 9.90 Å². The molecule has 1 fully saturated rings. The smallest absolute Gasteiger partial charge is 0.163 e. The van der Waals surface area contributed by atoms with Crippen LogP contribution in [0.15, 0.2) is 12.1 Å². The maximum Gasteiger partial charge on any atom is 0.163 e. The molecule has 1 aromatic carbocycles. The molecular formula is C16H22ClNO2. The highest BCUT2D eigenvalue weighted by Crippen LogP contribution is 2.30. The zero-order valence-corrected chi connectivity index (χ0v) is 12.9. The number of carbonyl (C=O) groups is 1. The fourth-order valence-corrected chi connectivity index (χ4v) is 3.27. The Balaban J connectivity index is 2.09. The quantitative estimate of drug-likeness (QED) is 0.838. The van der Waals surface area contributed by atoms with Gasteiger partial charge in [0.1, 0.15) is 5.75 Å². The van der Waals surface area contributed by atoms with E-state index in [0.29, 0.717) is 17.1 Å². The third kappa shape index (κ3) is 3.74. The summed E-state index contributed by atoms with van der Waals surface area (Å²) in [4.78, 5) is 13.7. The highest BCUT2D eigenvalue weighted by molar-refractivity contribution is 6.31. The van der Waals surface area contributed by atoms with Gasteiger partial charge in [0.2, 0.25) is 0 Å². The summed E-state index contributed by atoms with van der Waals surface area (Å²) in [5, 5.41) is 10.7. The lowest BCUT2D eigenvalue weighted by molar-refractivity contribution is 0.101. The molecule has 0 unspecified atom stereocenters. The van der Waals surface area contributed by atoms with Crippen LogP contribution in [-0.2, 0) is 6.54 Å². The number of halogens is 1. The van der Waals surface area contributed by atoms with Crippen LogP contribution >= 0.6 is 11.6 Å². The lowest BCUT2D eigenvalue weighted by Gasteiger charge is -2.21. The third-order valence-electron chi connectivity index (χ3n) is 4.02. The number of rotatable bonds is 5. The molecule has 110 valence electrons. The molecule has 0 bridgehead atoms. The first kappa shape index (κ1) is 15.3. The van der Waals surface area contributed by atoms with Crippen molar-refractivity contribution >= 4 is 17.4 Å². The van der Waals surface area contributed by atoms with Crippen molar-refractivity contribution in [3.8, 4) is 5.75 Å². The number of aromatic hydroxyl groups is 1. The lowest BCUT2D eigenvalue weighted by Crippen LogP contribution is -2.24. The van der Waals surface area contributed by atoms with Crippen molar-refractivity contribution in [1.82, 2.24) is 4.90 Å². The van der Waals surface area contributed by atoms with Crippen molar-refractivity contribution in [3.63, 3.8) is 0 Å². The van der Waals surface area contributed by atoms with E-state index in [1.807, 2.05) is 7.05 Å². The van der Waals surface area contributed by atoms with Gasteiger partial charge in [-0.3, -0.25) is 4.79 Å². The second kappa shape index (κ2) is 6.59. The van der Waals surface area contributed by atoms with Crippen LogP contribution in [0.4, 0.5) is 0 Å². The van der Waals surface area contributed by atoms with Gasteiger partial charge in [-0.15, -0.1) is 0 Å². The number of benzene rings is 1. The van der Waals surface area contributed by atoms with E-state index in [2.05, 4.69) is 4.90 Å². The summed E-state index contributed by atoms with van der Waals surface area (Å²) < 4.78 is 0. The minimum Gasteiger partial charge on any atom is -0.507 e. The lowest BCUT2D eigenvalue weighted by atomic mass is 10.0. The number of hydrogen-bond acceptors (Lipinski definition) is 3. The minimum absolute atomic E-state index is 0.0696. The molecule has 1 aromatic rings. The molecule has 1 aliphatic carbocycles. The molecule has 0 atom stereocenters. The second-order valence-electron chi connectivity index (χ2n) is 5.86. The monoisotopic (exact) mass is 295 g/mol. The zero-order valence-electron chi connectivity index (χ0n) is 12.2. The molecule has 0 radical (unpaired) electrons. The normalized spacial score (nSPS) is 16.0. The molecular weight excluding hydrogens is 274 g/mol. The summed E-state index contributed by atoms with van der Waals surface area (Å²) in [7, 11) is 2.05. The molecule has 0 aliphatic heterocycles. The van der Waals surface area contributed by atoms with Gasteiger partial charge in [0, 0.05) is 23.7 Å². The number of Topliss-reactive ketones (excluding diaryl/α,β-unsaturated/α-hetero) is 1. The van der Waals surface area contributed by atoms with E-state index in [0.717, 1.165) is 18.0 Å². The Morgan fingerprint density at radius 1 is 1.40 bits per heavy atom. The third-order valence-corrected chi connectivity index (χ3v) is 4.24. The number of nitrogens with zero attached hydrogens (tertiary/aromatic N) is 1. The fourth-order valence-electron chi connectivity index (χ4n) is 3.03. The van der Waals surface area contributed by atoms with Gasteiger partial charge in [0.25, 0.3) is 0 Å². The standard InChI is InChI=1S/C16H22ClNO2/c1-11(19)15-8-14(17)7-13(16(15)20)10-18(2)9-12-5-3-4-6-12/h7-8,12,20H,3-6,9-10H2,1-2H3. The van der Waals surface area contributed by atoms with E-state index in [1.54, 1.807) is 6.07 Å². The molecule has 0 aromatic heterocycles. The van der Waals surface area contributed by atoms with Crippen molar-refractivity contribution in [2.75, 3.05) is 13.6 Å². The van der Waals surface area contributed by atoms with Crippen molar-refractivity contribution in [2.45, 2.75) is 39.2 Å². The minimum atomic E-state index is -0.162. The van der Waals surface area contributed by atoms with Gasteiger partial charge in [-0.25, -0.2) is 0 Å². The average molecular weight is 296 g/mol. The van der Waals surface area contributed by atoms with Gasteiger partial charge < -0.3 is 10.0 Å². The summed E-state index contributed by atoms with van der Waals surface area (Å²) >= 11 is 6.04. The topological polar surface area (TPSA) is 40.5 Å². The Labute approximate surface area is 125 Å². The van der Waals surface area contributed by atoms with Crippen molar-refractivity contribution in [2.24, 2.45) is 5.92 Å². The Kier molecular flexibility index (Phi) is 5.06. The van der Waals surface area contributed by atoms with Gasteiger partial charge >= 0.3 is 0 Å². The van der Waals surface area contributed by atoms with Crippen LogP contribution in [0.1, 0.15) is 48.5 Å². The van der Waals surface area contributed by atoms with Crippen LogP contribution in [0.2, 0.25) is 5.02 Å². The summed E-state index contributed by atoms with van der Waals surface area (Å²) in [6.45, 7) is 3.09. The fraction of sp³-hybridized carbons (Fsp3) is 0.562. The van der Waals surface area contributed by atoms with E-state index in [4.69, 9.17) is 11.6 Å². The van der Waals surface area contributed by atoms with Crippen LogP contribution in [0.3, 0.4) is 0 Å². The molecule has 0 amide bonds. The molecule has 1 N–H and O–H groups in total. The van der Waals surface area contributed by atoms with Crippen LogP contribution in [-0.4, -0.2) is 29.4 Å². The van der Waals surface area contributed by atoms with Crippen LogP contribution < -0.4 is 0 Å². The summed E-state index contributed by atoms with van der Waals surface area (Å²) in [6.07, 6.45) is 5.25. The number of carbonyl (C=O) groups excluding carboxylic acids is 1. The second-order valence-corrected chi connectivity index (χ2v) is 6.30. The molecule has 20 heavy (non-hydrogen) atoms. The maximum atomic E-state index is 11.5. The largest absolute Gasteiger partial charge is 0.507 e. The molecule has 1 saturated carbocycles. The predicted octanol–water partition coefficient (Wildman–Crippen LogP) is 3.87. The van der Waals surface area contributed by atoms with E-state index >= 15 is 0 Å². The maximum absolute atomic E-state index is 11.5. The molecule has 0 saturated heterocycles. The van der Waals surface area contributed by atoms with Gasteiger partial charge in [-0.05, 0) is 44.9 Å². The first-order chi connectivity index (χ1) is 9.47. The van der Waals surface area contributed by atoms with Crippen molar-refractivity contribution in [3.05, 3.63) is 28.3 Å². The zero-order chi connectivity index (χ0) is 14.7. The van der Waals surface area contributed by atoms with Gasteiger partial charge in [0.15, 0.2) is 5.78 Å². The summed E-state index contributed by atoms with van der Waals surface area (Å²) in [5.41, 5.74) is 1.03. The van der Waals surface area contributed by atoms with Crippen LogP contribution in [0.25, 0.3) is 0 Å². The molecule has 0 spiro atoms. The van der Waals surface area contributed by atoms with E-state index in [9.17, 15) is 9.90 Å². The SMILES string of the molecule is CC(=O)c1cc(Cl)cc(CN(C)CC2CCCC2)c1O. The summed E-state index contributed by atoms with van der Waals surface area (Å²) in [5.74, 6) is 0.665. The Bertz CT molecular complexity index is 495. The first-order valence-electron chi connectivity index (χ1n) is 7.18. The number of ketones is 1. The summed E-state index contributed by atoms with van der Waals surface area (Å²) in [6, 6.07) is 3.27. The van der Waals surface area contributed by atoms with E-state index in [1.165, 1.54) is 38.7 Å². The van der Waals surface area contributed by atoms with E-state index < -0.39 is 0 Å². The number of hydrogen-bond donors (Lipinski definition) is 1. The number of phenols is 1. The van der Waals surface area contributed by atoms with Crippen LogP contribution in [0.5, 0.6) is 5.75 Å². The Hall–Kier alpha value is -1.06. The van der Waals surface area contributed by atoms with Crippen LogP contribution in [0, 0.1) is 5.92 Å². The predicted molar refractivity (Wildman–Crippen MR) is 81.4 cm³/mol. The van der Waals surface area contributed by atoms with Gasteiger partial charge in [0.05, 0.1) is 5.56 Å². The first-order valence-corrected chi connectivity index (χ1v) is 7.56. The highest BCUT2D eigenvalue weighted by Gasteiger charge is 2.19. The van der Waals surface area contributed by atoms with Crippen molar-refractivity contribution in [1.29, 1.82) is 0 Å². The molecule has 1 aliphatic rings.